The van der Waals surface area contributed by atoms with Crippen molar-refractivity contribution in [2.45, 2.75) is 52.6 Å². The van der Waals surface area contributed by atoms with Gasteiger partial charge in [0.05, 0.1) is 6.61 Å². The summed E-state index contributed by atoms with van der Waals surface area (Å²) in [4.78, 5) is 2.58. The minimum absolute atomic E-state index is 0.583. The van der Waals surface area contributed by atoms with Gasteiger partial charge in [0.15, 0.2) is 0 Å². The molecule has 3 heteroatoms. The lowest BCUT2D eigenvalue weighted by molar-refractivity contribution is 0.0853. The Bertz CT molecular complexity index is 149. The van der Waals surface area contributed by atoms with E-state index in [2.05, 4.69) is 37.9 Å². The molecule has 0 spiro atoms. The maximum atomic E-state index is 5.20. The topological polar surface area (TPSA) is 24.5 Å². The maximum Gasteiger partial charge on any atom is 0.0589 e. The van der Waals surface area contributed by atoms with Crippen LogP contribution in [0.25, 0.3) is 0 Å². The van der Waals surface area contributed by atoms with Crippen LogP contribution in [0.3, 0.4) is 0 Å². The van der Waals surface area contributed by atoms with Crippen molar-refractivity contribution in [2.75, 3.05) is 33.4 Å². The SMILES string of the molecule is CCNCC(C)N(CCOC)C(CC)CC. The first kappa shape index (κ1) is 15.9. The van der Waals surface area contributed by atoms with E-state index in [1.165, 1.54) is 12.8 Å². The van der Waals surface area contributed by atoms with E-state index in [0.29, 0.717) is 12.1 Å². The summed E-state index contributed by atoms with van der Waals surface area (Å²) < 4.78 is 5.20. The molecule has 1 unspecified atom stereocenters. The van der Waals surface area contributed by atoms with Gasteiger partial charge in [-0.2, -0.15) is 0 Å². The van der Waals surface area contributed by atoms with Crippen LogP contribution in [-0.4, -0.2) is 50.3 Å². The van der Waals surface area contributed by atoms with Gasteiger partial charge in [0.1, 0.15) is 0 Å². The lowest BCUT2D eigenvalue weighted by atomic mass is 10.1. The van der Waals surface area contributed by atoms with Gasteiger partial charge in [-0.25, -0.2) is 0 Å². The second-order valence-electron chi connectivity index (χ2n) is 4.36. The normalized spacial score (nSPS) is 13.7. The van der Waals surface area contributed by atoms with Crippen molar-refractivity contribution in [3.63, 3.8) is 0 Å². The molecule has 0 rings (SSSR count). The molecule has 0 bridgehead atoms. The molecule has 98 valence electrons. The second-order valence-corrected chi connectivity index (χ2v) is 4.36. The van der Waals surface area contributed by atoms with Crippen molar-refractivity contribution in [3.8, 4) is 0 Å². The monoisotopic (exact) mass is 230 g/mol. The average molecular weight is 230 g/mol. The zero-order valence-electron chi connectivity index (χ0n) is 11.8. The van der Waals surface area contributed by atoms with Gasteiger partial charge >= 0.3 is 0 Å². The molecule has 0 fully saturated rings. The smallest absolute Gasteiger partial charge is 0.0589 e. The van der Waals surface area contributed by atoms with Crippen LogP contribution in [0.2, 0.25) is 0 Å². The van der Waals surface area contributed by atoms with Gasteiger partial charge in [0.2, 0.25) is 0 Å². The quantitative estimate of drug-likeness (QED) is 0.622. The third-order valence-corrected chi connectivity index (χ3v) is 3.22. The third kappa shape index (κ3) is 5.83. The summed E-state index contributed by atoms with van der Waals surface area (Å²) in [5.41, 5.74) is 0. The van der Waals surface area contributed by atoms with Crippen LogP contribution in [0, 0.1) is 0 Å². The molecule has 0 aromatic rings. The van der Waals surface area contributed by atoms with Gasteiger partial charge in [-0.05, 0) is 26.3 Å². The van der Waals surface area contributed by atoms with E-state index in [4.69, 9.17) is 4.74 Å². The van der Waals surface area contributed by atoms with Crippen LogP contribution in [0.1, 0.15) is 40.5 Å². The minimum Gasteiger partial charge on any atom is -0.383 e. The predicted molar refractivity (Wildman–Crippen MR) is 71.0 cm³/mol. The Balaban J connectivity index is 4.25. The largest absolute Gasteiger partial charge is 0.383 e. The summed E-state index contributed by atoms with van der Waals surface area (Å²) in [5.74, 6) is 0. The fourth-order valence-corrected chi connectivity index (χ4v) is 2.19. The number of hydrogen-bond acceptors (Lipinski definition) is 3. The highest BCUT2D eigenvalue weighted by Gasteiger charge is 2.20. The van der Waals surface area contributed by atoms with Crippen molar-refractivity contribution in [2.24, 2.45) is 0 Å². The Labute approximate surface area is 102 Å². The number of nitrogens with zero attached hydrogens (tertiary/aromatic N) is 1. The summed E-state index contributed by atoms with van der Waals surface area (Å²) in [6, 6.07) is 1.27. The molecule has 0 aromatic heterocycles. The van der Waals surface area contributed by atoms with Crippen LogP contribution in [0.15, 0.2) is 0 Å². The number of hydrogen-bond donors (Lipinski definition) is 1. The minimum atomic E-state index is 0.583. The molecule has 0 radical (unpaired) electrons. The molecule has 0 aliphatic carbocycles. The summed E-state index contributed by atoms with van der Waals surface area (Å²) in [6.45, 7) is 13.0. The van der Waals surface area contributed by atoms with Gasteiger partial charge < -0.3 is 10.1 Å². The van der Waals surface area contributed by atoms with Crippen molar-refractivity contribution in [1.82, 2.24) is 10.2 Å². The second kappa shape index (κ2) is 10.1. The van der Waals surface area contributed by atoms with Crippen LogP contribution in [0.4, 0.5) is 0 Å². The molecule has 1 N–H and O–H groups in total. The van der Waals surface area contributed by atoms with E-state index in [0.717, 1.165) is 26.2 Å². The number of methoxy groups -OCH3 is 1. The molecule has 0 aromatic carbocycles. The molecule has 3 nitrogen and oxygen atoms in total. The Hall–Kier alpha value is -0.120. The molecule has 0 amide bonds. The van der Waals surface area contributed by atoms with Crippen molar-refractivity contribution < 1.29 is 4.74 Å². The summed E-state index contributed by atoms with van der Waals surface area (Å²) in [6.07, 6.45) is 2.44. The number of rotatable bonds is 10. The Kier molecular flexibility index (Phi) is 9.99. The lowest BCUT2D eigenvalue weighted by Crippen LogP contribution is -2.47. The zero-order valence-corrected chi connectivity index (χ0v) is 11.8. The van der Waals surface area contributed by atoms with Gasteiger partial charge in [0.25, 0.3) is 0 Å². The van der Waals surface area contributed by atoms with Crippen LogP contribution in [0.5, 0.6) is 0 Å². The molecule has 0 aliphatic rings. The molecular weight excluding hydrogens is 200 g/mol. The first-order chi connectivity index (χ1) is 7.71. The van der Waals surface area contributed by atoms with Crippen molar-refractivity contribution in [3.05, 3.63) is 0 Å². The Morgan fingerprint density at radius 3 is 2.25 bits per heavy atom. The highest BCUT2D eigenvalue weighted by atomic mass is 16.5. The van der Waals surface area contributed by atoms with E-state index in [1.807, 2.05) is 0 Å². The van der Waals surface area contributed by atoms with Crippen LogP contribution in [-0.2, 0) is 4.74 Å². The standard InChI is InChI=1S/C13H30N2O/c1-6-13(7-2)15(9-10-16-5)12(4)11-14-8-3/h12-14H,6-11H2,1-5H3. The van der Waals surface area contributed by atoms with Gasteiger partial charge in [0, 0.05) is 32.3 Å². The molecule has 0 aliphatic heterocycles. The Morgan fingerprint density at radius 2 is 1.81 bits per heavy atom. The number of nitrogens with one attached hydrogen (secondary N) is 1. The van der Waals surface area contributed by atoms with E-state index < -0.39 is 0 Å². The third-order valence-electron chi connectivity index (χ3n) is 3.22. The fourth-order valence-electron chi connectivity index (χ4n) is 2.19. The highest BCUT2D eigenvalue weighted by Crippen LogP contribution is 2.12. The Morgan fingerprint density at radius 1 is 1.19 bits per heavy atom. The van der Waals surface area contributed by atoms with E-state index >= 15 is 0 Å². The molecule has 0 saturated carbocycles. The maximum absolute atomic E-state index is 5.20. The molecule has 1 atom stereocenters. The molecule has 16 heavy (non-hydrogen) atoms. The van der Waals surface area contributed by atoms with Crippen LogP contribution >= 0.6 is 0 Å². The summed E-state index contributed by atoms with van der Waals surface area (Å²) >= 11 is 0. The molecule has 0 heterocycles. The van der Waals surface area contributed by atoms with E-state index in [1.54, 1.807) is 7.11 Å². The van der Waals surface area contributed by atoms with Gasteiger partial charge in [-0.15, -0.1) is 0 Å². The zero-order chi connectivity index (χ0) is 12.4. The highest BCUT2D eigenvalue weighted by molar-refractivity contribution is 4.76. The summed E-state index contributed by atoms with van der Waals surface area (Å²) in [5, 5.41) is 3.43. The van der Waals surface area contributed by atoms with Crippen molar-refractivity contribution >= 4 is 0 Å². The lowest BCUT2D eigenvalue weighted by Gasteiger charge is -2.35. The van der Waals surface area contributed by atoms with Crippen LogP contribution < -0.4 is 5.32 Å². The van der Waals surface area contributed by atoms with Crippen molar-refractivity contribution in [1.29, 1.82) is 0 Å². The van der Waals surface area contributed by atoms with E-state index in [-0.39, 0.29) is 0 Å². The molecule has 0 saturated heterocycles. The number of likely N-dealkylation sites (N-methyl/N-ethyl adjacent to an activating group) is 1. The number of ether oxygens (including phenoxy) is 1. The van der Waals surface area contributed by atoms with Gasteiger partial charge in [-0.1, -0.05) is 20.8 Å². The first-order valence-electron chi connectivity index (χ1n) is 6.66. The first-order valence-corrected chi connectivity index (χ1v) is 6.66. The predicted octanol–water partition coefficient (Wildman–Crippen LogP) is 2.12. The molecular formula is C13H30N2O. The van der Waals surface area contributed by atoms with E-state index in [9.17, 15) is 0 Å². The summed E-state index contributed by atoms with van der Waals surface area (Å²) in [7, 11) is 1.78. The van der Waals surface area contributed by atoms with Gasteiger partial charge in [-0.3, -0.25) is 4.90 Å². The average Bonchev–Trinajstić information content (AvgIpc) is 2.31. The fraction of sp³-hybridized carbons (Fsp3) is 1.00.